The first kappa shape index (κ1) is 26.7. The van der Waals surface area contributed by atoms with Gasteiger partial charge in [-0.2, -0.15) is 0 Å². The van der Waals surface area contributed by atoms with E-state index < -0.39 is 24.2 Å². The normalized spacial score (nSPS) is 14.5. The molecule has 0 aromatic carbocycles. The van der Waals surface area contributed by atoms with Crippen molar-refractivity contribution in [2.24, 2.45) is 0 Å². The molecule has 24 heavy (non-hydrogen) atoms. The second-order valence-corrected chi connectivity index (χ2v) is 5.73. The van der Waals surface area contributed by atoms with Crippen LogP contribution in [0.3, 0.4) is 0 Å². The van der Waals surface area contributed by atoms with Gasteiger partial charge in [-0.15, -0.1) is 13.2 Å². The van der Waals surface area contributed by atoms with Gasteiger partial charge in [-0.05, 0) is 32.6 Å². The van der Waals surface area contributed by atoms with Gasteiger partial charge in [0.2, 0.25) is 0 Å². The molecule has 0 heterocycles. The summed E-state index contributed by atoms with van der Waals surface area (Å²) in [4.78, 5) is 12.7. The van der Waals surface area contributed by atoms with E-state index in [9.17, 15) is 20.1 Å². The zero-order valence-corrected chi connectivity index (χ0v) is 18.2. The molecule has 0 aliphatic heterocycles. The molecule has 0 spiro atoms. The van der Waals surface area contributed by atoms with Crippen LogP contribution < -0.4 is 61.8 Å². The average Bonchev–Trinajstić information content (AvgIpc) is 2.52. The van der Waals surface area contributed by atoms with Crippen LogP contribution in [0.4, 0.5) is 0 Å². The Morgan fingerprint density at radius 2 is 1.75 bits per heavy atom. The summed E-state index contributed by atoms with van der Waals surface area (Å²) in [5.41, 5.74) is 0. The number of rotatable bonds is 15. The fourth-order valence-corrected chi connectivity index (χ4v) is 2.17. The van der Waals surface area contributed by atoms with Crippen molar-refractivity contribution in [2.45, 2.75) is 50.9 Å². The SMILES string of the molecule is C=CCCC(O)CNCCN(CC(O)CCC=C)C(C)C(=O)[O-].[K+]. The molecule has 0 amide bonds. The molecule has 0 saturated heterocycles. The van der Waals surface area contributed by atoms with Crippen LogP contribution in [-0.4, -0.2) is 65.5 Å². The van der Waals surface area contributed by atoms with E-state index in [0.29, 0.717) is 38.9 Å². The predicted molar refractivity (Wildman–Crippen MR) is 89.8 cm³/mol. The van der Waals surface area contributed by atoms with Crippen molar-refractivity contribution in [1.82, 2.24) is 10.2 Å². The largest absolute Gasteiger partial charge is 1.00 e. The number of nitrogens with one attached hydrogen (secondary N) is 1. The smallest absolute Gasteiger partial charge is 0.548 e. The Labute approximate surface area is 188 Å². The number of carbonyl (C=O) groups excluding carboxylic acids is 1. The third kappa shape index (κ3) is 13.7. The molecule has 3 atom stereocenters. The molecule has 0 radical (unpaired) electrons. The number of aliphatic hydroxyl groups excluding tert-OH is 2. The number of aliphatic hydroxyl groups is 2. The molecular weight excluding hydrogens is 335 g/mol. The molecule has 0 aromatic heterocycles. The molecule has 0 aromatic rings. The van der Waals surface area contributed by atoms with Gasteiger partial charge in [0.05, 0.1) is 18.2 Å². The Hall–Kier alpha value is 0.426. The Morgan fingerprint density at radius 3 is 2.25 bits per heavy atom. The van der Waals surface area contributed by atoms with Gasteiger partial charge in [-0.3, -0.25) is 4.90 Å². The molecule has 6 nitrogen and oxygen atoms in total. The first-order valence-corrected chi connectivity index (χ1v) is 8.15. The van der Waals surface area contributed by atoms with E-state index in [0.717, 1.165) is 6.42 Å². The van der Waals surface area contributed by atoms with Crippen LogP contribution in [0.5, 0.6) is 0 Å². The summed E-state index contributed by atoms with van der Waals surface area (Å²) in [6.07, 6.45) is 5.07. The van der Waals surface area contributed by atoms with E-state index >= 15 is 0 Å². The molecule has 3 unspecified atom stereocenters. The van der Waals surface area contributed by atoms with Crippen molar-refractivity contribution < 1.29 is 71.5 Å². The first-order chi connectivity index (χ1) is 10.9. The number of hydrogen-bond acceptors (Lipinski definition) is 6. The van der Waals surface area contributed by atoms with Crippen LogP contribution in [0.1, 0.15) is 32.6 Å². The number of allylic oxidation sites excluding steroid dienone is 2. The second-order valence-electron chi connectivity index (χ2n) is 5.73. The van der Waals surface area contributed by atoms with Crippen molar-refractivity contribution in [3.05, 3.63) is 25.3 Å². The third-order valence-electron chi connectivity index (χ3n) is 3.70. The van der Waals surface area contributed by atoms with E-state index in [4.69, 9.17) is 0 Å². The summed E-state index contributed by atoms with van der Waals surface area (Å²) in [7, 11) is 0. The number of aliphatic carboxylic acids is 1. The zero-order chi connectivity index (χ0) is 17.7. The van der Waals surface area contributed by atoms with E-state index in [1.165, 1.54) is 0 Å². The molecule has 0 aliphatic rings. The van der Waals surface area contributed by atoms with Gasteiger partial charge in [0.1, 0.15) is 0 Å². The van der Waals surface area contributed by atoms with Crippen molar-refractivity contribution >= 4 is 5.97 Å². The van der Waals surface area contributed by atoms with E-state index in [-0.39, 0.29) is 57.9 Å². The Balaban J connectivity index is 0. The summed E-state index contributed by atoms with van der Waals surface area (Å²) in [6, 6.07) is -0.777. The Kier molecular flexibility index (Phi) is 18.7. The first-order valence-electron chi connectivity index (χ1n) is 8.15. The van der Waals surface area contributed by atoms with E-state index in [2.05, 4.69) is 18.5 Å². The number of nitrogens with zero attached hydrogens (tertiary/aromatic N) is 1. The van der Waals surface area contributed by atoms with Crippen LogP contribution in [0, 0.1) is 0 Å². The van der Waals surface area contributed by atoms with E-state index in [1.807, 2.05) is 0 Å². The minimum absolute atomic E-state index is 0. The topological polar surface area (TPSA) is 95.9 Å². The van der Waals surface area contributed by atoms with Gasteiger partial charge >= 0.3 is 51.4 Å². The molecule has 0 fully saturated rings. The van der Waals surface area contributed by atoms with Crippen molar-refractivity contribution in [3.8, 4) is 0 Å². The van der Waals surface area contributed by atoms with Crippen molar-refractivity contribution in [1.29, 1.82) is 0 Å². The number of carboxylic acids is 1. The number of hydrogen-bond donors (Lipinski definition) is 3. The van der Waals surface area contributed by atoms with Gasteiger partial charge in [-0.1, -0.05) is 12.2 Å². The number of carboxylic acid groups (broad SMARTS) is 1. The maximum Gasteiger partial charge on any atom is 1.00 e. The minimum atomic E-state index is -1.16. The minimum Gasteiger partial charge on any atom is -0.548 e. The number of carbonyl (C=O) groups is 1. The fraction of sp³-hybridized carbons (Fsp3) is 0.706. The Bertz CT molecular complexity index is 355. The van der Waals surface area contributed by atoms with Crippen LogP contribution >= 0.6 is 0 Å². The molecule has 3 N–H and O–H groups in total. The summed E-state index contributed by atoms with van der Waals surface area (Å²) in [6.45, 7) is 10.5. The molecular formula is C17H31KN2O4. The van der Waals surface area contributed by atoms with Gasteiger partial charge in [0.15, 0.2) is 0 Å². The maximum absolute atomic E-state index is 11.1. The molecule has 0 saturated carbocycles. The van der Waals surface area contributed by atoms with Crippen LogP contribution in [0.15, 0.2) is 25.3 Å². The van der Waals surface area contributed by atoms with Crippen LogP contribution in [0.2, 0.25) is 0 Å². The van der Waals surface area contributed by atoms with Gasteiger partial charge in [0.25, 0.3) is 0 Å². The summed E-state index contributed by atoms with van der Waals surface area (Å²) < 4.78 is 0. The second kappa shape index (κ2) is 16.9. The summed E-state index contributed by atoms with van der Waals surface area (Å²) in [5, 5.41) is 33.8. The van der Waals surface area contributed by atoms with Gasteiger partial charge in [-0.25, -0.2) is 0 Å². The van der Waals surface area contributed by atoms with Gasteiger partial charge < -0.3 is 25.4 Å². The molecule has 0 bridgehead atoms. The average molecular weight is 367 g/mol. The van der Waals surface area contributed by atoms with Gasteiger partial charge in [0, 0.05) is 32.2 Å². The zero-order valence-electron chi connectivity index (χ0n) is 15.1. The molecule has 134 valence electrons. The quantitative estimate of drug-likeness (QED) is 0.159. The molecule has 0 aliphatic carbocycles. The van der Waals surface area contributed by atoms with Crippen LogP contribution in [0.25, 0.3) is 0 Å². The standard InChI is InChI=1S/C17H32N2O4.K/c1-4-6-8-15(20)12-18-10-11-19(14(3)17(22)23)13-16(21)9-7-5-2;/h4-5,14-16,18,20-21H,1-2,6-13H2,3H3,(H,22,23);/q;+1/p-1. The van der Waals surface area contributed by atoms with E-state index in [1.54, 1.807) is 24.0 Å². The molecule has 0 rings (SSSR count). The van der Waals surface area contributed by atoms with Crippen molar-refractivity contribution in [2.75, 3.05) is 26.2 Å². The van der Waals surface area contributed by atoms with Crippen LogP contribution in [-0.2, 0) is 4.79 Å². The summed E-state index contributed by atoms with van der Waals surface area (Å²) in [5.74, 6) is -1.16. The monoisotopic (exact) mass is 366 g/mol. The Morgan fingerprint density at radius 1 is 1.21 bits per heavy atom. The summed E-state index contributed by atoms with van der Waals surface area (Å²) >= 11 is 0. The third-order valence-corrected chi connectivity index (χ3v) is 3.70. The molecule has 7 heteroatoms. The predicted octanol–water partition coefficient (Wildman–Crippen LogP) is -3.33. The maximum atomic E-state index is 11.1. The van der Waals surface area contributed by atoms with Crippen molar-refractivity contribution in [3.63, 3.8) is 0 Å². The fourth-order valence-electron chi connectivity index (χ4n) is 2.17.